The molecule has 2 aliphatic rings. The van der Waals surface area contributed by atoms with Gasteiger partial charge in [0.2, 0.25) is 0 Å². The maximum Gasteiger partial charge on any atom is 0.407 e. The molecular weight excluding hydrogens is 656 g/mol. The quantitative estimate of drug-likeness (QED) is 0.0590. The Morgan fingerprint density at radius 3 is 1.55 bits per heavy atom. The van der Waals surface area contributed by atoms with Gasteiger partial charge in [0.05, 0.1) is 19.8 Å². The molecule has 0 aliphatic heterocycles. The monoisotopic (exact) mass is 722 g/mol. The highest BCUT2D eigenvalue weighted by Crippen LogP contribution is 2.49. The van der Waals surface area contributed by atoms with Crippen molar-refractivity contribution in [2.45, 2.75) is 151 Å². The van der Waals surface area contributed by atoms with Crippen LogP contribution in [-0.4, -0.2) is 75.2 Å². The van der Waals surface area contributed by atoms with Gasteiger partial charge in [-0.05, 0) is 99.2 Å². The molecule has 2 aliphatic carbocycles. The van der Waals surface area contributed by atoms with Crippen LogP contribution in [-0.2, 0) is 38.1 Å². The van der Waals surface area contributed by atoms with Crippen molar-refractivity contribution in [1.29, 1.82) is 0 Å². The lowest BCUT2D eigenvalue weighted by molar-refractivity contribution is -0.146. The summed E-state index contributed by atoms with van der Waals surface area (Å²) in [7, 11) is 0. The van der Waals surface area contributed by atoms with Crippen molar-refractivity contribution in [2.75, 3.05) is 33.0 Å². The molecule has 0 bridgehead atoms. The SMILES string of the molecule is C=C(C)C(=O)OCCOC(=O)NC1CC(C)(C)CC(C)(CCC(=O)OCCCCOC(=O)CCCCOC(=O)NC2CC(C)(C)CC(C)(C)C2)C1. The molecule has 51 heavy (non-hydrogen) atoms. The minimum Gasteiger partial charge on any atom is -0.466 e. The number of ether oxygens (including phenoxy) is 5. The molecule has 2 saturated carbocycles. The van der Waals surface area contributed by atoms with Crippen LogP contribution in [0.4, 0.5) is 9.59 Å². The topological polar surface area (TPSA) is 156 Å². The highest BCUT2D eigenvalue weighted by molar-refractivity contribution is 5.86. The molecular formula is C39H66N2O10. The van der Waals surface area contributed by atoms with Gasteiger partial charge < -0.3 is 34.3 Å². The molecule has 0 radical (unpaired) electrons. The number of amides is 2. The first kappa shape index (κ1) is 43.9. The van der Waals surface area contributed by atoms with Crippen molar-refractivity contribution in [3.05, 3.63) is 12.2 Å². The van der Waals surface area contributed by atoms with Crippen LogP contribution in [0.1, 0.15) is 139 Å². The zero-order chi connectivity index (χ0) is 38.3. The van der Waals surface area contributed by atoms with Crippen LogP contribution in [0.3, 0.4) is 0 Å². The summed E-state index contributed by atoms with van der Waals surface area (Å²) in [5.41, 5.74) is 0.415. The maximum atomic E-state index is 12.5. The van der Waals surface area contributed by atoms with Gasteiger partial charge in [0, 0.05) is 30.5 Å². The molecule has 2 atom stereocenters. The van der Waals surface area contributed by atoms with Gasteiger partial charge in [-0.2, -0.15) is 0 Å². The number of rotatable bonds is 19. The maximum absolute atomic E-state index is 12.5. The van der Waals surface area contributed by atoms with E-state index in [1.165, 1.54) is 0 Å². The van der Waals surface area contributed by atoms with Crippen LogP contribution in [0.5, 0.6) is 0 Å². The number of carbonyl (C=O) groups is 5. The number of nitrogens with one attached hydrogen (secondary N) is 2. The Balaban J connectivity index is 1.53. The number of esters is 3. The van der Waals surface area contributed by atoms with E-state index >= 15 is 0 Å². The van der Waals surface area contributed by atoms with E-state index in [4.69, 9.17) is 23.7 Å². The summed E-state index contributed by atoms with van der Waals surface area (Å²) in [6.45, 7) is 21.1. The van der Waals surface area contributed by atoms with Gasteiger partial charge in [-0.1, -0.05) is 55.0 Å². The molecule has 2 fully saturated rings. The van der Waals surface area contributed by atoms with Gasteiger partial charge in [-0.3, -0.25) is 9.59 Å². The van der Waals surface area contributed by atoms with Crippen molar-refractivity contribution in [2.24, 2.45) is 21.7 Å². The van der Waals surface area contributed by atoms with Crippen molar-refractivity contribution in [3.63, 3.8) is 0 Å². The van der Waals surface area contributed by atoms with Crippen LogP contribution in [0.2, 0.25) is 0 Å². The largest absolute Gasteiger partial charge is 0.466 e. The average Bonchev–Trinajstić information content (AvgIpc) is 2.97. The molecule has 292 valence electrons. The predicted molar refractivity (Wildman–Crippen MR) is 194 cm³/mol. The molecule has 0 spiro atoms. The fourth-order valence-electron chi connectivity index (χ4n) is 8.34. The normalized spacial score (nSPS) is 22.2. The minimum atomic E-state index is -0.564. The third-order valence-electron chi connectivity index (χ3n) is 9.55. The van der Waals surface area contributed by atoms with Crippen molar-refractivity contribution in [3.8, 4) is 0 Å². The fraction of sp³-hybridized carbons (Fsp3) is 0.821. The lowest BCUT2D eigenvalue weighted by atomic mass is 9.61. The lowest BCUT2D eigenvalue weighted by Gasteiger charge is -2.46. The molecule has 12 nitrogen and oxygen atoms in total. The van der Waals surface area contributed by atoms with Crippen LogP contribution < -0.4 is 10.6 Å². The summed E-state index contributed by atoms with van der Waals surface area (Å²) >= 11 is 0. The van der Waals surface area contributed by atoms with Crippen LogP contribution in [0, 0.1) is 21.7 Å². The minimum absolute atomic E-state index is 0.0435. The molecule has 0 saturated heterocycles. The van der Waals surface area contributed by atoms with Gasteiger partial charge in [-0.25, -0.2) is 14.4 Å². The Labute approximate surface area is 305 Å². The Bertz CT molecular complexity index is 1180. The number of hydrogen-bond acceptors (Lipinski definition) is 10. The van der Waals surface area contributed by atoms with Gasteiger partial charge in [0.15, 0.2) is 0 Å². The van der Waals surface area contributed by atoms with E-state index in [0.717, 1.165) is 32.1 Å². The van der Waals surface area contributed by atoms with E-state index in [9.17, 15) is 24.0 Å². The van der Waals surface area contributed by atoms with E-state index in [1.54, 1.807) is 6.92 Å². The number of unbranched alkanes of at least 4 members (excludes halogenated alkanes) is 2. The van der Waals surface area contributed by atoms with Gasteiger partial charge in [0.25, 0.3) is 0 Å². The summed E-state index contributed by atoms with van der Waals surface area (Å²) in [5, 5.41) is 5.95. The number of hydrogen-bond donors (Lipinski definition) is 2. The van der Waals surface area contributed by atoms with E-state index in [2.05, 4.69) is 65.7 Å². The summed E-state index contributed by atoms with van der Waals surface area (Å²) in [5.74, 6) is -1.09. The average molecular weight is 723 g/mol. The smallest absolute Gasteiger partial charge is 0.407 e. The van der Waals surface area contributed by atoms with E-state index < -0.39 is 18.2 Å². The second-order valence-corrected chi connectivity index (χ2v) is 17.4. The number of carbonyl (C=O) groups excluding carboxylic acids is 5. The molecule has 0 heterocycles. The Morgan fingerprint density at radius 1 is 0.569 bits per heavy atom. The fourth-order valence-corrected chi connectivity index (χ4v) is 8.34. The second-order valence-electron chi connectivity index (χ2n) is 17.4. The molecule has 2 unspecified atom stereocenters. The van der Waals surface area contributed by atoms with Crippen molar-refractivity contribution < 1.29 is 47.7 Å². The van der Waals surface area contributed by atoms with E-state index in [1.807, 2.05) is 0 Å². The van der Waals surface area contributed by atoms with Gasteiger partial charge in [0.1, 0.15) is 13.2 Å². The summed E-state index contributed by atoms with van der Waals surface area (Å²) in [6.07, 6.45) is 7.89. The zero-order valence-electron chi connectivity index (χ0n) is 32.7. The second kappa shape index (κ2) is 20.1. The van der Waals surface area contributed by atoms with E-state index in [-0.39, 0.29) is 97.1 Å². The molecule has 2 amide bonds. The first-order valence-corrected chi connectivity index (χ1v) is 18.7. The van der Waals surface area contributed by atoms with Crippen molar-refractivity contribution in [1.82, 2.24) is 10.6 Å². The molecule has 2 N–H and O–H groups in total. The van der Waals surface area contributed by atoms with Crippen molar-refractivity contribution >= 4 is 30.1 Å². The Morgan fingerprint density at radius 2 is 1.00 bits per heavy atom. The van der Waals surface area contributed by atoms with Gasteiger partial charge >= 0.3 is 30.1 Å². The van der Waals surface area contributed by atoms with Gasteiger partial charge in [-0.15, -0.1) is 0 Å². The first-order valence-electron chi connectivity index (χ1n) is 18.7. The van der Waals surface area contributed by atoms with E-state index in [0.29, 0.717) is 38.5 Å². The summed E-state index contributed by atoms with van der Waals surface area (Å²) < 4.78 is 26.2. The van der Waals surface area contributed by atoms with Crippen LogP contribution >= 0.6 is 0 Å². The Kier molecular flexibility index (Phi) is 17.3. The predicted octanol–water partition coefficient (Wildman–Crippen LogP) is 7.57. The third kappa shape index (κ3) is 18.7. The summed E-state index contributed by atoms with van der Waals surface area (Å²) in [4.78, 5) is 60.7. The highest BCUT2D eigenvalue weighted by Gasteiger charge is 2.42. The third-order valence-corrected chi connectivity index (χ3v) is 9.55. The molecule has 2 rings (SSSR count). The zero-order valence-corrected chi connectivity index (χ0v) is 32.7. The number of alkyl carbamates (subject to hydrolysis) is 2. The molecule has 0 aromatic heterocycles. The highest BCUT2D eigenvalue weighted by atomic mass is 16.6. The Hall–Kier alpha value is -3.31. The standard InChI is InChI=1S/C39H66N2O10/c1-28(2)33(44)49-20-21-51-35(46)41-30-24-38(7,8)27-39(9,25-30)16-15-32(43)48-18-13-12-17-47-31(42)14-10-11-19-50-34(45)40-29-22-36(3,4)26-37(5,6)23-29/h29-30H,1,10-27H2,2-9H3,(H,40,45)(H,41,46). The first-order chi connectivity index (χ1) is 23.7. The molecule has 12 heteroatoms. The summed E-state index contributed by atoms with van der Waals surface area (Å²) in [6, 6.07) is -0.0140. The molecule has 0 aromatic rings. The van der Waals surface area contributed by atoms with Crippen LogP contribution in [0.25, 0.3) is 0 Å². The lowest BCUT2D eigenvalue weighted by Crippen LogP contribution is -2.47. The van der Waals surface area contributed by atoms with Crippen LogP contribution in [0.15, 0.2) is 12.2 Å². The molecule has 0 aromatic carbocycles.